The molecular formula is C19H17ClN2O3S. The van der Waals surface area contributed by atoms with E-state index >= 15 is 0 Å². The minimum atomic E-state index is -0.339. The Labute approximate surface area is 160 Å². The molecule has 0 atom stereocenters. The van der Waals surface area contributed by atoms with Crippen LogP contribution in [0.25, 0.3) is 11.5 Å². The van der Waals surface area contributed by atoms with E-state index in [0.29, 0.717) is 15.8 Å². The van der Waals surface area contributed by atoms with Gasteiger partial charge in [0, 0.05) is 15.5 Å². The smallest absolute Gasteiger partial charge is 0.348 e. The van der Waals surface area contributed by atoms with Crippen molar-refractivity contribution in [2.45, 2.75) is 38.7 Å². The van der Waals surface area contributed by atoms with Crippen LogP contribution in [0.2, 0.25) is 5.02 Å². The Morgan fingerprint density at radius 2 is 1.96 bits per heavy atom. The summed E-state index contributed by atoms with van der Waals surface area (Å²) in [5.41, 5.74) is 2.06. The molecule has 3 aromatic rings. The van der Waals surface area contributed by atoms with Crippen molar-refractivity contribution in [2.24, 2.45) is 0 Å². The standard InChI is InChI=1S/C19H17ClN2O3S/c20-14-8-6-12(7-9-14)18-22-21-17(25-18)11-24-19(23)16-10-13-4-2-1-3-5-15(13)26-16/h6-10H,1-5,11H2. The van der Waals surface area contributed by atoms with Gasteiger partial charge in [-0.1, -0.05) is 18.0 Å². The number of benzene rings is 1. The van der Waals surface area contributed by atoms with E-state index in [1.54, 1.807) is 35.6 Å². The fraction of sp³-hybridized carbons (Fsp3) is 0.316. The molecule has 0 unspecified atom stereocenters. The van der Waals surface area contributed by atoms with E-state index in [1.807, 2.05) is 6.07 Å². The molecule has 1 aromatic carbocycles. The predicted molar refractivity (Wildman–Crippen MR) is 99.4 cm³/mol. The second-order valence-electron chi connectivity index (χ2n) is 6.20. The molecule has 0 aliphatic heterocycles. The van der Waals surface area contributed by atoms with Crippen LogP contribution >= 0.6 is 22.9 Å². The lowest BCUT2D eigenvalue weighted by atomic mass is 10.1. The molecule has 134 valence electrons. The topological polar surface area (TPSA) is 65.2 Å². The van der Waals surface area contributed by atoms with Gasteiger partial charge in [0.2, 0.25) is 5.89 Å². The van der Waals surface area contributed by atoms with E-state index in [4.69, 9.17) is 20.8 Å². The quantitative estimate of drug-likeness (QED) is 0.460. The van der Waals surface area contributed by atoms with Gasteiger partial charge in [-0.25, -0.2) is 4.79 Å². The summed E-state index contributed by atoms with van der Waals surface area (Å²) in [5.74, 6) is 0.297. The summed E-state index contributed by atoms with van der Waals surface area (Å²) in [6.07, 6.45) is 5.74. The van der Waals surface area contributed by atoms with Crippen molar-refractivity contribution in [2.75, 3.05) is 0 Å². The molecule has 0 saturated carbocycles. The highest BCUT2D eigenvalue weighted by Gasteiger charge is 2.18. The number of hydrogen-bond acceptors (Lipinski definition) is 6. The summed E-state index contributed by atoms with van der Waals surface area (Å²) in [4.78, 5) is 14.3. The molecule has 2 heterocycles. The number of esters is 1. The second-order valence-corrected chi connectivity index (χ2v) is 7.78. The van der Waals surface area contributed by atoms with Crippen molar-refractivity contribution >= 4 is 28.9 Å². The molecule has 2 aromatic heterocycles. The number of carbonyl (C=O) groups excluding carboxylic acids is 1. The van der Waals surface area contributed by atoms with Gasteiger partial charge in [-0.3, -0.25) is 0 Å². The van der Waals surface area contributed by atoms with Crippen LogP contribution in [-0.2, 0) is 24.2 Å². The number of aromatic nitrogens is 2. The van der Waals surface area contributed by atoms with Crippen LogP contribution in [0.5, 0.6) is 0 Å². The summed E-state index contributed by atoms with van der Waals surface area (Å²) in [6.45, 7) is -0.0397. The average Bonchev–Trinajstić information content (AvgIpc) is 3.23. The van der Waals surface area contributed by atoms with Crippen molar-refractivity contribution < 1.29 is 13.9 Å². The van der Waals surface area contributed by atoms with Gasteiger partial charge in [0.25, 0.3) is 5.89 Å². The maximum atomic E-state index is 12.3. The zero-order valence-electron chi connectivity index (χ0n) is 14.0. The molecule has 0 saturated heterocycles. The van der Waals surface area contributed by atoms with E-state index in [-0.39, 0.29) is 18.5 Å². The first-order valence-corrected chi connectivity index (χ1v) is 9.75. The number of rotatable bonds is 4. The van der Waals surface area contributed by atoms with E-state index < -0.39 is 0 Å². The molecule has 0 N–H and O–H groups in total. The summed E-state index contributed by atoms with van der Waals surface area (Å²) in [7, 11) is 0. The molecule has 7 heteroatoms. The molecule has 0 spiro atoms. The molecule has 0 fully saturated rings. The Bertz CT molecular complexity index is 894. The van der Waals surface area contributed by atoms with E-state index in [9.17, 15) is 4.79 Å². The van der Waals surface area contributed by atoms with Crippen LogP contribution in [0.1, 0.15) is 45.3 Å². The minimum absolute atomic E-state index is 0.0397. The largest absolute Gasteiger partial charge is 0.451 e. The monoisotopic (exact) mass is 388 g/mol. The molecule has 5 nitrogen and oxygen atoms in total. The van der Waals surface area contributed by atoms with Gasteiger partial charge < -0.3 is 9.15 Å². The highest BCUT2D eigenvalue weighted by molar-refractivity contribution is 7.14. The first-order chi connectivity index (χ1) is 12.7. The van der Waals surface area contributed by atoms with Crippen LogP contribution < -0.4 is 0 Å². The van der Waals surface area contributed by atoms with Crippen molar-refractivity contribution in [3.05, 3.63) is 56.6 Å². The molecule has 4 rings (SSSR count). The Morgan fingerprint density at radius 1 is 1.15 bits per heavy atom. The number of halogens is 1. The van der Waals surface area contributed by atoms with Crippen LogP contribution in [0.15, 0.2) is 34.7 Å². The maximum Gasteiger partial charge on any atom is 0.348 e. The fourth-order valence-corrected chi connectivity index (χ4v) is 4.26. The second kappa shape index (κ2) is 7.60. The number of aryl methyl sites for hydroxylation is 2. The highest BCUT2D eigenvalue weighted by Crippen LogP contribution is 2.29. The van der Waals surface area contributed by atoms with E-state index in [2.05, 4.69) is 10.2 Å². The Hall–Kier alpha value is -2.18. The van der Waals surface area contributed by atoms with Crippen LogP contribution in [-0.4, -0.2) is 16.2 Å². The van der Waals surface area contributed by atoms with Crippen molar-refractivity contribution in [1.82, 2.24) is 10.2 Å². The van der Waals surface area contributed by atoms with E-state index in [0.717, 1.165) is 18.4 Å². The minimum Gasteiger partial charge on any atom is -0.451 e. The van der Waals surface area contributed by atoms with Crippen molar-refractivity contribution in [3.63, 3.8) is 0 Å². The third kappa shape index (κ3) is 3.81. The first-order valence-electron chi connectivity index (χ1n) is 8.56. The Balaban J connectivity index is 1.40. The van der Waals surface area contributed by atoms with Crippen molar-refractivity contribution in [1.29, 1.82) is 0 Å². The third-order valence-electron chi connectivity index (χ3n) is 4.33. The normalized spacial score (nSPS) is 13.9. The van der Waals surface area contributed by atoms with Gasteiger partial charge in [0.1, 0.15) is 4.88 Å². The molecule has 0 radical (unpaired) electrons. The summed E-state index contributed by atoms with van der Waals surface area (Å²) in [6, 6.07) is 9.07. The molecular weight excluding hydrogens is 372 g/mol. The lowest BCUT2D eigenvalue weighted by Gasteiger charge is -1.99. The summed E-state index contributed by atoms with van der Waals surface area (Å²) >= 11 is 7.41. The number of hydrogen-bond donors (Lipinski definition) is 0. The molecule has 0 amide bonds. The molecule has 26 heavy (non-hydrogen) atoms. The van der Waals surface area contributed by atoms with Gasteiger partial charge in [-0.05, 0) is 61.6 Å². The third-order valence-corrected chi connectivity index (χ3v) is 5.80. The molecule has 1 aliphatic rings. The lowest BCUT2D eigenvalue weighted by Crippen LogP contribution is -2.03. The Morgan fingerprint density at radius 3 is 2.81 bits per heavy atom. The highest BCUT2D eigenvalue weighted by atomic mass is 35.5. The van der Waals surface area contributed by atoms with Crippen molar-refractivity contribution in [3.8, 4) is 11.5 Å². The molecule has 1 aliphatic carbocycles. The summed E-state index contributed by atoms with van der Waals surface area (Å²) in [5, 5.41) is 8.55. The predicted octanol–water partition coefficient (Wildman–Crippen LogP) is 5.08. The van der Waals surface area contributed by atoms with Gasteiger partial charge in [-0.15, -0.1) is 21.5 Å². The van der Waals surface area contributed by atoms with E-state index in [1.165, 1.54) is 29.7 Å². The summed E-state index contributed by atoms with van der Waals surface area (Å²) < 4.78 is 10.9. The number of carbonyl (C=O) groups is 1. The zero-order valence-corrected chi connectivity index (χ0v) is 15.6. The fourth-order valence-electron chi connectivity index (χ4n) is 2.99. The van der Waals surface area contributed by atoms with Gasteiger partial charge in [-0.2, -0.15) is 0 Å². The van der Waals surface area contributed by atoms with Gasteiger partial charge >= 0.3 is 5.97 Å². The SMILES string of the molecule is O=C(OCc1nnc(-c2ccc(Cl)cc2)o1)c1cc2c(s1)CCCCC2. The van der Waals surface area contributed by atoms with Gasteiger partial charge in [0.15, 0.2) is 6.61 Å². The Kier molecular flexibility index (Phi) is 5.04. The zero-order chi connectivity index (χ0) is 17.9. The number of nitrogens with zero attached hydrogens (tertiary/aromatic N) is 2. The number of thiophene rings is 1. The van der Waals surface area contributed by atoms with Crippen LogP contribution in [0.3, 0.4) is 0 Å². The molecule has 0 bridgehead atoms. The van der Waals surface area contributed by atoms with Gasteiger partial charge in [0.05, 0.1) is 0 Å². The lowest BCUT2D eigenvalue weighted by molar-refractivity contribution is 0.0444. The first kappa shape index (κ1) is 17.2. The number of fused-ring (bicyclic) bond motifs is 1. The average molecular weight is 389 g/mol. The maximum absolute atomic E-state index is 12.3. The van der Waals surface area contributed by atoms with Crippen LogP contribution in [0.4, 0.5) is 0 Å². The van der Waals surface area contributed by atoms with Crippen LogP contribution in [0, 0.1) is 0 Å². The number of ether oxygens (including phenoxy) is 1.